The molecule has 0 N–H and O–H groups in total. The Kier molecular flexibility index (Phi) is 9.36. The van der Waals surface area contributed by atoms with Gasteiger partial charge in [-0.2, -0.15) is 0 Å². The number of benzene rings is 6. The molecule has 228 valence electrons. The van der Waals surface area contributed by atoms with Gasteiger partial charge in [0.2, 0.25) is 0 Å². The van der Waals surface area contributed by atoms with Gasteiger partial charge in [-0.3, -0.25) is 0 Å². The predicted molar refractivity (Wildman–Crippen MR) is 204 cm³/mol. The molecule has 0 heterocycles. The summed E-state index contributed by atoms with van der Waals surface area (Å²) in [5.74, 6) is 0. The van der Waals surface area contributed by atoms with Crippen molar-refractivity contribution in [3.8, 4) is 22.3 Å². The van der Waals surface area contributed by atoms with Gasteiger partial charge in [-0.15, -0.1) is 24.8 Å². The Labute approximate surface area is 291 Å². The van der Waals surface area contributed by atoms with E-state index in [1.165, 1.54) is 54.9 Å². The minimum Gasteiger partial charge on any atom is -0.147 e. The fourth-order valence-electron chi connectivity index (χ4n) is 8.06. The third-order valence-corrected chi connectivity index (χ3v) is 23.2. The average Bonchev–Trinajstić information content (AvgIpc) is 3.56. The van der Waals surface area contributed by atoms with Gasteiger partial charge in [0.15, 0.2) is 0 Å². The molecule has 2 unspecified atom stereocenters. The fourth-order valence-corrected chi connectivity index (χ4v) is 21.9. The summed E-state index contributed by atoms with van der Waals surface area (Å²) in [5.41, 5.74) is 14.7. The first-order valence-corrected chi connectivity index (χ1v) is 22.4. The Balaban J connectivity index is 0.00000186. The Morgan fingerprint density at radius 1 is 0.457 bits per heavy atom. The molecule has 0 aromatic heterocycles. The number of hydrogen-bond donors (Lipinski definition) is 0. The SMILES string of the molecule is CC1=Cc2c(-c3cccc4ccccc34)cccc2[CH]1[Ti]([CH]1C(C)=Cc2c(-c3cccc4ccccc34)cccc21)=[Si](C)C.Cl.Cl. The summed E-state index contributed by atoms with van der Waals surface area (Å²) in [6, 6.07) is 45.5. The molecular formula is C42H38Cl2SiTi. The number of allylic oxidation sites excluding steroid dienone is 2. The Hall–Kier alpha value is -3.17. The van der Waals surface area contributed by atoms with Gasteiger partial charge in [0.25, 0.3) is 0 Å². The van der Waals surface area contributed by atoms with Gasteiger partial charge >= 0.3 is 269 Å². The first-order valence-electron chi connectivity index (χ1n) is 15.8. The smallest absolute Gasteiger partial charge is 0.147 e. The maximum atomic E-state index is 2.61. The zero-order chi connectivity index (χ0) is 29.9. The summed E-state index contributed by atoms with van der Waals surface area (Å²) in [6.45, 7) is 10.1. The van der Waals surface area contributed by atoms with Gasteiger partial charge in [0, 0.05) is 0 Å². The molecule has 2 aliphatic carbocycles. The quantitative estimate of drug-likeness (QED) is 0.162. The average molecular weight is 690 g/mol. The monoisotopic (exact) mass is 688 g/mol. The van der Waals surface area contributed by atoms with Crippen molar-refractivity contribution >= 4 is 64.7 Å². The molecular weight excluding hydrogens is 651 g/mol. The van der Waals surface area contributed by atoms with E-state index in [0.717, 1.165) is 0 Å². The van der Waals surface area contributed by atoms with Crippen molar-refractivity contribution in [2.24, 2.45) is 0 Å². The standard InChI is InChI=1S/2C20H15.C2H6Si.2ClH.Ti/c2*1-14-12-16-8-5-11-19(20(16)13-14)18-10-4-7-15-6-2-3-9-17(15)18;1-3-2;;;/h2*2-13H,1H3;1-2H3;2*1H;. The third-order valence-electron chi connectivity index (χ3n) is 9.92. The molecule has 2 aliphatic rings. The van der Waals surface area contributed by atoms with E-state index in [1.54, 1.807) is 22.3 Å². The van der Waals surface area contributed by atoms with Crippen LogP contribution in [-0.4, -0.2) is 6.19 Å². The number of hydrogen-bond acceptors (Lipinski definition) is 0. The van der Waals surface area contributed by atoms with Gasteiger partial charge in [0.05, 0.1) is 0 Å². The van der Waals surface area contributed by atoms with E-state index < -0.39 is 22.8 Å². The van der Waals surface area contributed by atoms with Crippen molar-refractivity contribution in [1.29, 1.82) is 0 Å². The maximum Gasteiger partial charge on any atom is -0.147 e. The van der Waals surface area contributed by atoms with E-state index >= 15 is 0 Å². The second-order valence-electron chi connectivity index (χ2n) is 12.8. The van der Waals surface area contributed by atoms with Crippen LogP contribution < -0.4 is 0 Å². The molecule has 0 spiro atoms. The first-order chi connectivity index (χ1) is 21.5. The molecule has 4 heteroatoms. The molecule has 0 radical (unpaired) electrons. The predicted octanol–water partition coefficient (Wildman–Crippen LogP) is 12.7. The maximum absolute atomic E-state index is 2.61. The van der Waals surface area contributed by atoms with E-state index in [4.69, 9.17) is 0 Å². The topological polar surface area (TPSA) is 0 Å². The largest absolute Gasteiger partial charge is 0.147 e. The van der Waals surface area contributed by atoms with Crippen molar-refractivity contribution in [3.05, 3.63) is 155 Å². The van der Waals surface area contributed by atoms with Crippen LogP contribution >= 0.6 is 24.8 Å². The van der Waals surface area contributed by atoms with E-state index in [-0.39, 0.29) is 24.8 Å². The number of halogens is 2. The van der Waals surface area contributed by atoms with Crippen molar-refractivity contribution in [3.63, 3.8) is 0 Å². The molecule has 6 aromatic carbocycles. The van der Waals surface area contributed by atoms with Crippen LogP contribution in [-0.2, 0) is 16.6 Å². The molecule has 8 rings (SSSR count). The van der Waals surface area contributed by atoms with Crippen LogP contribution in [0.4, 0.5) is 0 Å². The second kappa shape index (κ2) is 13.1. The summed E-state index contributed by atoms with van der Waals surface area (Å²) < 4.78 is 1.17. The van der Waals surface area contributed by atoms with Crippen LogP contribution in [0.5, 0.6) is 0 Å². The van der Waals surface area contributed by atoms with Crippen LogP contribution in [0.3, 0.4) is 0 Å². The Morgan fingerprint density at radius 2 is 0.826 bits per heavy atom. The van der Waals surface area contributed by atoms with Crippen LogP contribution in [0.1, 0.15) is 44.5 Å². The third kappa shape index (κ3) is 5.27. The van der Waals surface area contributed by atoms with Crippen LogP contribution in [0.15, 0.2) is 132 Å². The fraction of sp³-hybridized carbons (Fsp3) is 0.143. The first kappa shape index (κ1) is 32.8. The van der Waals surface area contributed by atoms with Gasteiger partial charge in [0.1, 0.15) is 0 Å². The summed E-state index contributed by atoms with van der Waals surface area (Å²) in [5, 5.41) is 5.30. The van der Waals surface area contributed by atoms with Gasteiger partial charge in [-0.1, -0.05) is 0 Å². The van der Waals surface area contributed by atoms with Gasteiger partial charge < -0.3 is 0 Å². The van der Waals surface area contributed by atoms with E-state index in [2.05, 4.69) is 160 Å². The van der Waals surface area contributed by atoms with Crippen molar-refractivity contribution in [1.82, 2.24) is 0 Å². The Bertz CT molecular complexity index is 2080. The molecule has 0 saturated carbocycles. The number of rotatable bonds is 4. The molecule has 0 bridgehead atoms. The van der Waals surface area contributed by atoms with Crippen molar-refractivity contribution in [2.75, 3.05) is 0 Å². The van der Waals surface area contributed by atoms with Crippen LogP contribution in [0.2, 0.25) is 13.1 Å². The van der Waals surface area contributed by atoms with Gasteiger partial charge in [-0.05, 0) is 0 Å². The van der Waals surface area contributed by atoms with Crippen LogP contribution in [0.25, 0.3) is 56.0 Å². The zero-order valence-corrected chi connectivity index (χ0v) is 30.9. The Morgan fingerprint density at radius 3 is 1.26 bits per heavy atom. The zero-order valence-electron chi connectivity index (χ0n) is 26.7. The van der Waals surface area contributed by atoms with Crippen molar-refractivity contribution in [2.45, 2.75) is 35.4 Å². The molecule has 0 fully saturated rings. The minimum absolute atomic E-state index is 0. The van der Waals surface area contributed by atoms with Crippen LogP contribution in [0, 0.1) is 0 Å². The molecule has 2 atom stereocenters. The molecule has 0 aliphatic heterocycles. The van der Waals surface area contributed by atoms with E-state index in [1.807, 2.05) is 0 Å². The molecule has 0 amide bonds. The van der Waals surface area contributed by atoms with Gasteiger partial charge in [-0.25, -0.2) is 0 Å². The second-order valence-corrected chi connectivity index (χ2v) is 25.1. The minimum atomic E-state index is -1.75. The summed E-state index contributed by atoms with van der Waals surface area (Å²) in [6.07, 6.45) is 4.58. The summed E-state index contributed by atoms with van der Waals surface area (Å²) >= 11 is -1.75. The van der Waals surface area contributed by atoms with Crippen molar-refractivity contribution < 1.29 is 16.6 Å². The molecule has 0 nitrogen and oxygen atoms in total. The molecule has 0 saturated heterocycles. The summed E-state index contributed by atoms with van der Waals surface area (Å²) in [7, 11) is 0. The normalized spacial score (nSPS) is 16.2. The van der Waals surface area contributed by atoms with E-state index in [0.29, 0.717) is 8.45 Å². The summed E-state index contributed by atoms with van der Waals surface area (Å²) in [4.78, 5) is 0. The molecule has 46 heavy (non-hydrogen) atoms. The van der Waals surface area contributed by atoms with E-state index in [9.17, 15) is 0 Å². The number of fused-ring (bicyclic) bond motifs is 4. The molecule has 6 aromatic rings.